The smallest absolute Gasteiger partial charge is 0 e. The van der Waals surface area contributed by atoms with Crippen LogP contribution in [0.3, 0.4) is 0 Å². The maximum absolute atomic E-state index is 13.3. The Balaban J connectivity index is 0.000000188. The molecule has 0 bridgehead atoms. The van der Waals surface area contributed by atoms with E-state index in [0.717, 1.165) is 51.2 Å². The fourth-order valence-corrected chi connectivity index (χ4v) is 9.51. The Labute approximate surface area is 289 Å². The second-order valence-electron chi connectivity index (χ2n) is 13.3. The van der Waals surface area contributed by atoms with Crippen molar-refractivity contribution in [3.05, 3.63) is 108 Å². The first kappa shape index (κ1) is 32.7. The van der Waals surface area contributed by atoms with Crippen molar-refractivity contribution in [1.29, 1.82) is 0 Å². The van der Waals surface area contributed by atoms with Crippen LogP contribution in [0.1, 0.15) is 57.9 Å². The normalized spacial score (nSPS) is 14.1. The van der Waals surface area contributed by atoms with Crippen molar-refractivity contribution < 1.29 is 30.3 Å². The number of halogens is 1. The first-order valence-corrected chi connectivity index (χ1v) is 23.1. The van der Waals surface area contributed by atoms with Gasteiger partial charge in [-0.15, -0.1) is 23.8 Å². The molecule has 4 nitrogen and oxygen atoms in total. The molecule has 1 aliphatic rings. The minimum atomic E-state index is -2.03. The van der Waals surface area contributed by atoms with Gasteiger partial charge in [0, 0.05) is 31.7 Å². The summed E-state index contributed by atoms with van der Waals surface area (Å²) in [6.45, 7) is 3.91. The van der Waals surface area contributed by atoms with Crippen LogP contribution in [-0.2, 0) is 26.5 Å². The molecule has 2 aromatic carbocycles. The van der Waals surface area contributed by atoms with Gasteiger partial charge in [-0.25, -0.2) is 0 Å². The van der Waals surface area contributed by atoms with Crippen LogP contribution in [0.25, 0.3) is 44.6 Å². The molecule has 1 saturated carbocycles. The van der Waals surface area contributed by atoms with Gasteiger partial charge >= 0.3 is 120 Å². The molecule has 0 unspecified atom stereocenters. The van der Waals surface area contributed by atoms with Gasteiger partial charge in [0.2, 0.25) is 11.7 Å². The SMILES string of the molecule is Fc1ccc2c(n1)oc1c[c-]c(-c3cc(CC4CCCC4)ccn3)cc12.[2H]C(C)(C)c1cc(-c2[c-]cccc2)nc[c]1[Ge]([CH3])([CH3])[CH3].[Ir]. The van der Waals surface area contributed by atoms with Crippen LogP contribution in [-0.4, -0.2) is 28.2 Å². The standard InChI is InChI=1S/C22H18FN2O.C17H22GeN.Ir/c23-21-8-6-17-18-13-16(5-7-20(18)26-22(17)25-21)19-12-15(9-10-24-19)11-14-3-1-2-4-14;1-13(2)15-11-17(14-9-7-6-8-10-14)19-12-16(15)18(3,4)5;/h6-10,12-14H,1-4,11H2;6-9,11-13H,1-5H3;/q2*-1;/i;13D;. The Morgan fingerprint density at radius 2 is 1.74 bits per heavy atom. The van der Waals surface area contributed by atoms with Gasteiger partial charge in [-0.3, -0.25) is 0 Å². The van der Waals surface area contributed by atoms with E-state index in [1.165, 1.54) is 41.7 Å². The molecule has 1 aliphatic carbocycles. The molecular formula is C39H40FGeIrN3O-2. The second kappa shape index (κ2) is 14.7. The number of hydrogen-bond donors (Lipinski definition) is 0. The predicted molar refractivity (Wildman–Crippen MR) is 185 cm³/mol. The van der Waals surface area contributed by atoms with E-state index in [-0.39, 0.29) is 20.1 Å². The first-order chi connectivity index (χ1) is 22.0. The van der Waals surface area contributed by atoms with Crippen molar-refractivity contribution in [2.75, 3.05) is 0 Å². The van der Waals surface area contributed by atoms with Crippen LogP contribution in [0.15, 0.2) is 83.5 Å². The zero-order valence-corrected chi connectivity index (χ0v) is 31.6. The molecule has 0 N–H and O–H groups in total. The fourth-order valence-electron chi connectivity index (χ4n) is 6.19. The number of hydrogen-bond acceptors (Lipinski definition) is 4. The third-order valence-corrected chi connectivity index (χ3v) is 12.8. The van der Waals surface area contributed by atoms with Crippen molar-refractivity contribution in [3.63, 3.8) is 0 Å². The number of aromatic nitrogens is 3. The minimum absolute atomic E-state index is 0. The van der Waals surface area contributed by atoms with Gasteiger partial charge in [-0.1, -0.05) is 42.7 Å². The van der Waals surface area contributed by atoms with E-state index in [1.54, 1.807) is 12.1 Å². The predicted octanol–water partition coefficient (Wildman–Crippen LogP) is 9.93. The Morgan fingerprint density at radius 1 is 0.957 bits per heavy atom. The van der Waals surface area contributed by atoms with Crippen LogP contribution in [0, 0.1) is 24.0 Å². The molecule has 46 heavy (non-hydrogen) atoms. The van der Waals surface area contributed by atoms with Crippen molar-refractivity contribution in [2.45, 2.75) is 69.1 Å². The second-order valence-corrected chi connectivity index (χ2v) is 23.8. The zero-order chi connectivity index (χ0) is 32.5. The van der Waals surface area contributed by atoms with E-state index in [9.17, 15) is 4.39 Å². The number of pyridine rings is 3. The summed E-state index contributed by atoms with van der Waals surface area (Å²) in [5.41, 5.74) is 7.15. The molecule has 0 atom stereocenters. The molecule has 6 aromatic rings. The number of furan rings is 1. The maximum Gasteiger partial charge on any atom is 0 e. The van der Waals surface area contributed by atoms with E-state index in [1.807, 2.05) is 56.6 Å². The number of benzene rings is 2. The summed E-state index contributed by atoms with van der Waals surface area (Å²) < 4.78 is 28.7. The van der Waals surface area contributed by atoms with Gasteiger partial charge in [-0.2, -0.15) is 9.37 Å². The van der Waals surface area contributed by atoms with Crippen molar-refractivity contribution >= 4 is 39.7 Å². The Bertz CT molecular complexity index is 1980. The third kappa shape index (κ3) is 7.84. The van der Waals surface area contributed by atoms with Gasteiger partial charge in [0.15, 0.2) is 0 Å². The average Bonchev–Trinajstić information content (AvgIpc) is 3.67. The van der Waals surface area contributed by atoms with Crippen molar-refractivity contribution in [2.24, 2.45) is 5.92 Å². The molecule has 0 amide bonds. The van der Waals surface area contributed by atoms with Gasteiger partial charge in [0.05, 0.1) is 5.58 Å². The number of fused-ring (bicyclic) bond motifs is 3. The average molecular weight is 852 g/mol. The molecule has 0 aliphatic heterocycles. The van der Waals surface area contributed by atoms with Crippen LogP contribution in [0.4, 0.5) is 4.39 Å². The van der Waals surface area contributed by atoms with E-state index < -0.39 is 25.1 Å². The van der Waals surface area contributed by atoms with E-state index in [0.29, 0.717) is 11.3 Å². The molecule has 4 aromatic heterocycles. The number of rotatable bonds is 6. The Morgan fingerprint density at radius 3 is 2.46 bits per heavy atom. The molecule has 1 radical (unpaired) electrons. The monoisotopic (exact) mass is 853 g/mol. The molecule has 1 fully saturated rings. The van der Waals surface area contributed by atoms with Crippen molar-refractivity contribution in [1.82, 2.24) is 15.0 Å². The summed E-state index contributed by atoms with van der Waals surface area (Å²) >= 11 is -2.03. The molecule has 239 valence electrons. The van der Waals surface area contributed by atoms with Gasteiger partial charge in [0.25, 0.3) is 0 Å². The van der Waals surface area contributed by atoms with Crippen LogP contribution >= 0.6 is 0 Å². The molecule has 4 heterocycles. The van der Waals surface area contributed by atoms with Crippen molar-refractivity contribution in [3.8, 4) is 22.5 Å². The topological polar surface area (TPSA) is 51.8 Å². The summed E-state index contributed by atoms with van der Waals surface area (Å²) in [5, 5.41) is 1.71. The summed E-state index contributed by atoms with van der Waals surface area (Å²) in [7, 11) is 0. The van der Waals surface area contributed by atoms with E-state index in [2.05, 4.69) is 62.6 Å². The summed E-state index contributed by atoms with van der Waals surface area (Å²) in [5.74, 6) is 6.71. The third-order valence-electron chi connectivity index (χ3n) is 8.57. The Kier molecular flexibility index (Phi) is 10.5. The largest absolute Gasteiger partial charge is 0 e. The molecule has 7 rings (SSSR count). The molecule has 0 saturated heterocycles. The van der Waals surface area contributed by atoms with Crippen LogP contribution in [0.5, 0.6) is 0 Å². The summed E-state index contributed by atoms with van der Waals surface area (Å²) in [6, 6.07) is 27.5. The van der Waals surface area contributed by atoms with Gasteiger partial charge in [0.1, 0.15) is 0 Å². The first-order valence-electron chi connectivity index (χ1n) is 16.3. The zero-order valence-electron chi connectivity index (χ0n) is 28.1. The fraction of sp³-hybridized carbons (Fsp3) is 0.308. The van der Waals surface area contributed by atoms with Crippen LogP contribution < -0.4 is 4.40 Å². The molecular weight excluding hydrogens is 810 g/mol. The Hall–Kier alpha value is -3.19. The minimum Gasteiger partial charge on any atom is 0 e. The van der Waals surface area contributed by atoms with Gasteiger partial charge < -0.3 is 9.40 Å². The van der Waals surface area contributed by atoms with E-state index in [4.69, 9.17) is 5.79 Å². The molecule has 7 heteroatoms. The number of nitrogens with zero attached hydrogens (tertiary/aromatic N) is 3. The van der Waals surface area contributed by atoms with Crippen LogP contribution in [0.2, 0.25) is 17.3 Å². The summed E-state index contributed by atoms with van der Waals surface area (Å²) in [4.78, 5) is 13.0. The van der Waals surface area contributed by atoms with Gasteiger partial charge in [-0.05, 0) is 36.2 Å². The quantitative estimate of drug-likeness (QED) is 0.0952. The maximum atomic E-state index is 13.3. The van der Waals surface area contributed by atoms with E-state index >= 15 is 0 Å². The summed E-state index contributed by atoms with van der Waals surface area (Å²) in [6.07, 6.45) is 10.4. The molecule has 0 spiro atoms.